The molecule has 2 aromatic rings. The summed E-state index contributed by atoms with van der Waals surface area (Å²) in [7, 11) is 1.53. The predicted molar refractivity (Wildman–Crippen MR) is 142 cm³/mol. The summed E-state index contributed by atoms with van der Waals surface area (Å²) in [6.07, 6.45) is -1.58. The lowest BCUT2D eigenvalue weighted by Gasteiger charge is -2.44. The van der Waals surface area contributed by atoms with Gasteiger partial charge in [0.15, 0.2) is 0 Å². The first-order valence-electron chi connectivity index (χ1n) is 13.3. The number of piperidine rings is 1. The minimum atomic E-state index is -4.71. The van der Waals surface area contributed by atoms with E-state index in [0.29, 0.717) is 38.6 Å². The highest BCUT2D eigenvalue weighted by Crippen LogP contribution is 2.37. The number of nitrogens with one attached hydrogen (secondary N) is 1. The minimum Gasteiger partial charge on any atom is -0.354 e. The molecule has 0 aromatic heterocycles. The van der Waals surface area contributed by atoms with Gasteiger partial charge in [-0.1, -0.05) is 23.7 Å². The highest BCUT2D eigenvalue weighted by Gasteiger charge is 2.40. The molecule has 6 nitrogen and oxygen atoms in total. The van der Waals surface area contributed by atoms with Crippen molar-refractivity contribution in [3.05, 3.63) is 70.0 Å². The maximum absolute atomic E-state index is 13.7. The fourth-order valence-electron chi connectivity index (χ4n) is 5.90. The molecular formula is C29H32ClF4N3O3. The lowest BCUT2D eigenvalue weighted by Crippen LogP contribution is -2.53. The van der Waals surface area contributed by atoms with Gasteiger partial charge in [-0.3, -0.25) is 14.4 Å². The molecule has 1 heterocycles. The molecule has 1 saturated heterocycles. The van der Waals surface area contributed by atoms with Gasteiger partial charge in [0.1, 0.15) is 5.82 Å². The first-order chi connectivity index (χ1) is 18.8. The first-order valence-corrected chi connectivity index (χ1v) is 13.7. The van der Waals surface area contributed by atoms with Crippen molar-refractivity contribution < 1.29 is 31.9 Å². The van der Waals surface area contributed by atoms with Gasteiger partial charge >= 0.3 is 6.18 Å². The third kappa shape index (κ3) is 6.77. The average Bonchev–Trinajstić information content (AvgIpc) is 2.92. The standard InChI is InChI=1S/C29H32ClF4N3O3/c1-17(38)35-22-10-5-19(6-11-22)28(40)37-14-13-26(23(16-37)18-3-8-21(31)9-4-18)36(2)27(39)20-7-12-25(30)24(15-20)29(32,33)34/h3-4,7-9,12,15,19,22-23,26H,5-6,10-11,13-14,16H2,1-2H3,(H,35,38)/t19?,22?,23-,26+/m0/s1. The maximum Gasteiger partial charge on any atom is 0.417 e. The van der Waals surface area contributed by atoms with Gasteiger partial charge in [0.2, 0.25) is 11.8 Å². The van der Waals surface area contributed by atoms with E-state index in [9.17, 15) is 31.9 Å². The third-order valence-electron chi connectivity index (χ3n) is 8.01. The second-order valence-corrected chi connectivity index (χ2v) is 11.1. The number of nitrogens with zero attached hydrogens (tertiary/aromatic N) is 2. The molecule has 2 fully saturated rings. The average molecular weight is 582 g/mol. The van der Waals surface area contributed by atoms with Crippen LogP contribution in [0, 0.1) is 11.7 Å². The molecular weight excluding hydrogens is 550 g/mol. The number of amides is 3. The van der Waals surface area contributed by atoms with Crippen LogP contribution in [0.3, 0.4) is 0 Å². The van der Waals surface area contributed by atoms with Crippen LogP contribution in [0.2, 0.25) is 5.02 Å². The second kappa shape index (κ2) is 12.2. The molecule has 0 unspecified atom stereocenters. The van der Waals surface area contributed by atoms with E-state index in [2.05, 4.69) is 5.32 Å². The van der Waals surface area contributed by atoms with Crippen LogP contribution in [0.15, 0.2) is 42.5 Å². The Morgan fingerprint density at radius 1 is 1.00 bits per heavy atom. The number of halogens is 5. The number of rotatable bonds is 5. The lowest BCUT2D eigenvalue weighted by molar-refractivity contribution is -0.139. The topological polar surface area (TPSA) is 69.7 Å². The molecule has 0 bridgehead atoms. The van der Waals surface area contributed by atoms with Gasteiger partial charge in [-0.05, 0) is 68.0 Å². The minimum absolute atomic E-state index is 0.00772. The van der Waals surface area contributed by atoms with Crippen molar-refractivity contribution in [1.29, 1.82) is 0 Å². The number of hydrogen-bond acceptors (Lipinski definition) is 3. The van der Waals surface area contributed by atoms with E-state index in [1.54, 1.807) is 17.0 Å². The Bertz CT molecular complexity index is 1250. The number of benzene rings is 2. The van der Waals surface area contributed by atoms with Gasteiger partial charge in [0.25, 0.3) is 5.91 Å². The van der Waals surface area contributed by atoms with Gasteiger partial charge in [-0.15, -0.1) is 0 Å². The van der Waals surface area contributed by atoms with Gasteiger partial charge in [0.05, 0.1) is 10.6 Å². The van der Waals surface area contributed by atoms with Crippen LogP contribution in [0.4, 0.5) is 17.6 Å². The van der Waals surface area contributed by atoms with Crippen LogP contribution < -0.4 is 5.32 Å². The summed E-state index contributed by atoms with van der Waals surface area (Å²) in [6, 6.07) is 8.55. The molecule has 3 amide bonds. The van der Waals surface area contributed by atoms with Crippen LogP contribution in [-0.4, -0.2) is 59.7 Å². The number of likely N-dealkylation sites (tertiary alicyclic amines) is 1. The highest BCUT2D eigenvalue weighted by molar-refractivity contribution is 6.31. The largest absolute Gasteiger partial charge is 0.417 e. The number of likely N-dealkylation sites (N-methyl/N-ethyl adjacent to an activating group) is 1. The van der Waals surface area contributed by atoms with E-state index in [0.717, 1.165) is 17.7 Å². The molecule has 1 aliphatic heterocycles. The van der Waals surface area contributed by atoms with Crippen molar-refractivity contribution in [2.75, 3.05) is 20.1 Å². The molecule has 2 aliphatic rings. The highest BCUT2D eigenvalue weighted by atomic mass is 35.5. The number of alkyl halides is 3. The van der Waals surface area contributed by atoms with Crippen molar-refractivity contribution >= 4 is 29.3 Å². The summed E-state index contributed by atoms with van der Waals surface area (Å²) in [5.41, 5.74) is -0.506. The number of hydrogen-bond donors (Lipinski definition) is 1. The Hall–Kier alpha value is -3.14. The number of carbonyl (C=O) groups is 3. The molecule has 4 rings (SSSR count). The summed E-state index contributed by atoms with van der Waals surface area (Å²) in [5, 5.41) is 2.42. The van der Waals surface area contributed by atoms with Crippen LogP contribution in [0.5, 0.6) is 0 Å². The molecule has 0 spiro atoms. The van der Waals surface area contributed by atoms with Crippen molar-refractivity contribution in [3.8, 4) is 0 Å². The van der Waals surface area contributed by atoms with Crippen LogP contribution >= 0.6 is 11.6 Å². The Kier molecular flexibility index (Phi) is 9.07. The van der Waals surface area contributed by atoms with Gasteiger partial charge in [-0.25, -0.2) is 4.39 Å². The quantitative estimate of drug-likeness (QED) is 0.464. The normalized spacial score (nSPS) is 23.4. The van der Waals surface area contributed by atoms with E-state index in [1.165, 1.54) is 37.1 Å². The van der Waals surface area contributed by atoms with E-state index < -0.39 is 34.5 Å². The Morgan fingerprint density at radius 3 is 2.25 bits per heavy atom. The summed E-state index contributed by atoms with van der Waals surface area (Å²) in [6.45, 7) is 2.13. The fourth-order valence-corrected chi connectivity index (χ4v) is 6.13. The van der Waals surface area contributed by atoms with Gasteiger partial charge in [-0.2, -0.15) is 13.2 Å². The zero-order valence-corrected chi connectivity index (χ0v) is 23.1. The van der Waals surface area contributed by atoms with Crippen molar-refractivity contribution in [2.24, 2.45) is 5.92 Å². The third-order valence-corrected chi connectivity index (χ3v) is 8.34. The van der Waals surface area contributed by atoms with Crippen molar-refractivity contribution in [2.45, 2.75) is 63.2 Å². The molecule has 216 valence electrons. The fraction of sp³-hybridized carbons (Fsp3) is 0.483. The molecule has 0 radical (unpaired) electrons. The first kappa shape index (κ1) is 29.8. The molecule has 1 aliphatic carbocycles. The van der Waals surface area contributed by atoms with E-state index >= 15 is 0 Å². The summed E-state index contributed by atoms with van der Waals surface area (Å²) in [5.74, 6) is -1.66. The van der Waals surface area contributed by atoms with Crippen LogP contribution in [0.1, 0.15) is 66.4 Å². The van der Waals surface area contributed by atoms with Crippen molar-refractivity contribution in [3.63, 3.8) is 0 Å². The second-order valence-electron chi connectivity index (χ2n) is 10.7. The SMILES string of the molecule is CC(=O)NC1CCC(C(=O)N2CC[C@@H](N(C)C(=O)c3ccc(Cl)c(C(F)(F)F)c3)[C@H](c3ccc(F)cc3)C2)CC1. The molecule has 2 atom stereocenters. The molecule has 11 heteroatoms. The Morgan fingerprint density at radius 2 is 1.65 bits per heavy atom. The van der Waals surface area contributed by atoms with E-state index in [-0.39, 0.29) is 41.8 Å². The molecule has 40 heavy (non-hydrogen) atoms. The zero-order chi connectivity index (χ0) is 29.2. The number of carbonyl (C=O) groups excluding carboxylic acids is 3. The summed E-state index contributed by atoms with van der Waals surface area (Å²) in [4.78, 5) is 41.4. The van der Waals surface area contributed by atoms with E-state index in [1.807, 2.05) is 0 Å². The molecule has 1 saturated carbocycles. The predicted octanol–water partition coefficient (Wildman–Crippen LogP) is 5.65. The van der Waals surface area contributed by atoms with Gasteiger partial charge < -0.3 is 15.1 Å². The molecule has 1 N–H and O–H groups in total. The summed E-state index contributed by atoms with van der Waals surface area (Å²) < 4.78 is 54.0. The lowest BCUT2D eigenvalue weighted by atomic mass is 9.82. The monoisotopic (exact) mass is 581 g/mol. The Balaban J connectivity index is 1.53. The molecule has 2 aromatic carbocycles. The van der Waals surface area contributed by atoms with Crippen LogP contribution in [-0.2, 0) is 15.8 Å². The zero-order valence-electron chi connectivity index (χ0n) is 22.3. The van der Waals surface area contributed by atoms with E-state index in [4.69, 9.17) is 11.6 Å². The maximum atomic E-state index is 13.7. The van der Waals surface area contributed by atoms with Crippen LogP contribution in [0.25, 0.3) is 0 Å². The van der Waals surface area contributed by atoms with Gasteiger partial charge in [0, 0.05) is 56.5 Å². The smallest absolute Gasteiger partial charge is 0.354 e. The summed E-state index contributed by atoms with van der Waals surface area (Å²) >= 11 is 5.74. The van der Waals surface area contributed by atoms with Crippen molar-refractivity contribution in [1.82, 2.24) is 15.1 Å². The Labute approximate surface area is 235 Å².